The number of carbonyl (C=O) groups is 4. The van der Waals surface area contributed by atoms with Crippen molar-refractivity contribution in [3.8, 4) is 5.75 Å². The van der Waals surface area contributed by atoms with Gasteiger partial charge in [0.05, 0.1) is 0 Å². The fraction of sp³-hybridized carbons (Fsp3) is 0.500. The molecular weight excluding hydrogens is 504 g/mol. The molecule has 5 atom stereocenters. The predicted molar refractivity (Wildman–Crippen MR) is 129 cm³/mol. The highest BCUT2D eigenvalue weighted by Gasteiger charge is 2.53. The zero-order valence-electron chi connectivity index (χ0n) is 21.9. The molecule has 12 nitrogen and oxygen atoms in total. The number of rotatable bonds is 8. The molecule has 0 radical (unpaired) electrons. The maximum absolute atomic E-state index is 12.1. The molecule has 1 aliphatic heterocycles. The fourth-order valence-electron chi connectivity index (χ4n) is 4.24. The van der Waals surface area contributed by atoms with Gasteiger partial charge in [-0.25, -0.2) is 4.79 Å². The summed E-state index contributed by atoms with van der Waals surface area (Å²) in [6.45, 7) is 7.77. The third-order valence-electron chi connectivity index (χ3n) is 5.77. The molecule has 1 aromatic heterocycles. The molecule has 0 amide bonds. The average Bonchev–Trinajstić information content (AvgIpc) is 2.82. The predicted octanol–water partition coefficient (Wildman–Crippen LogP) is 2.13. The van der Waals surface area contributed by atoms with Crippen molar-refractivity contribution in [1.82, 2.24) is 0 Å². The smallest absolute Gasteiger partial charge is 0.336 e. The van der Waals surface area contributed by atoms with Gasteiger partial charge in [0.1, 0.15) is 24.0 Å². The summed E-state index contributed by atoms with van der Waals surface area (Å²) in [7, 11) is 0. The van der Waals surface area contributed by atoms with Crippen LogP contribution in [0.25, 0.3) is 11.0 Å². The van der Waals surface area contributed by atoms with E-state index in [4.69, 9.17) is 32.8 Å². The van der Waals surface area contributed by atoms with Gasteiger partial charge in [0.15, 0.2) is 12.2 Å². The van der Waals surface area contributed by atoms with E-state index < -0.39 is 60.2 Å². The van der Waals surface area contributed by atoms with Gasteiger partial charge in [-0.2, -0.15) is 0 Å². The van der Waals surface area contributed by atoms with Crippen LogP contribution in [0.3, 0.4) is 0 Å². The molecule has 1 aromatic carbocycles. The number of fused-ring (bicyclic) bond motifs is 1. The summed E-state index contributed by atoms with van der Waals surface area (Å²) in [6, 6.07) is 4.76. The maximum Gasteiger partial charge on any atom is 0.336 e. The summed E-state index contributed by atoms with van der Waals surface area (Å²) in [5.41, 5.74) is 1.03. The van der Waals surface area contributed by atoms with Gasteiger partial charge >= 0.3 is 29.5 Å². The average molecular weight is 535 g/mol. The first-order chi connectivity index (χ1) is 17.9. The molecule has 206 valence electrons. The van der Waals surface area contributed by atoms with Crippen LogP contribution in [0.15, 0.2) is 27.4 Å². The number of carbonyl (C=O) groups excluding carboxylic acids is 4. The van der Waals surface area contributed by atoms with Crippen LogP contribution < -0.4 is 10.4 Å². The van der Waals surface area contributed by atoms with Crippen molar-refractivity contribution in [2.45, 2.75) is 78.7 Å². The van der Waals surface area contributed by atoms with E-state index in [2.05, 4.69) is 0 Å². The van der Waals surface area contributed by atoms with E-state index >= 15 is 0 Å². The lowest BCUT2D eigenvalue weighted by Gasteiger charge is -2.44. The summed E-state index contributed by atoms with van der Waals surface area (Å²) in [5.74, 6) is -2.66. The van der Waals surface area contributed by atoms with Gasteiger partial charge in [0, 0.05) is 44.7 Å². The van der Waals surface area contributed by atoms with Crippen LogP contribution in [-0.4, -0.2) is 61.2 Å². The number of esters is 4. The SMILES string of the molecule is CCc1cc(=O)oc2c(C)c(O[C@H]3O[C@H](COC(C)=O)[C@@H](OC(C)=O)[C@H](OC(C)=O)[C@H]3OC(C)=O)ccc12. The molecule has 0 spiro atoms. The molecule has 1 fully saturated rings. The zero-order chi connectivity index (χ0) is 28.1. The molecule has 0 aliphatic carbocycles. The number of ether oxygens (including phenoxy) is 6. The van der Waals surface area contributed by atoms with Gasteiger partial charge in [-0.1, -0.05) is 6.92 Å². The van der Waals surface area contributed by atoms with Gasteiger partial charge in [-0.05, 0) is 31.0 Å². The minimum absolute atomic E-state index is 0.217. The topological polar surface area (TPSA) is 154 Å². The Labute approximate surface area is 218 Å². The molecule has 0 saturated carbocycles. The van der Waals surface area contributed by atoms with Crippen molar-refractivity contribution in [1.29, 1.82) is 0 Å². The molecule has 3 rings (SSSR count). The van der Waals surface area contributed by atoms with Crippen molar-refractivity contribution >= 4 is 34.8 Å². The van der Waals surface area contributed by atoms with Gasteiger partial charge in [0.2, 0.25) is 12.4 Å². The molecular formula is C26H30O12. The van der Waals surface area contributed by atoms with Crippen molar-refractivity contribution in [2.75, 3.05) is 6.61 Å². The normalized spacial score (nSPS) is 22.8. The lowest BCUT2D eigenvalue weighted by molar-refractivity contribution is -0.288. The maximum atomic E-state index is 12.1. The quantitative estimate of drug-likeness (QED) is 0.277. The summed E-state index contributed by atoms with van der Waals surface area (Å²) in [4.78, 5) is 59.5. The second-order valence-corrected chi connectivity index (χ2v) is 8.70. The Balaban J connectivity index is 2.08. The summed E-state index contributed by atoms with van der Waals surface area (Å²) < 4.78 is 38.8. The van der Waals surface area contributed by atoms with Crippen LogP contribution in [-0.2, 0) is 49.3 Å². The highest BCUT2D eigenvalue weighted by atomic mass is 16.7. The van der Waals surface area contributed by atoms with Crippen LogP contribution in [0, 0.1) is 6.92 Å². The summed E-state index contributed by atoms with van der Waals surface area (Å²) in [6.07, 6.45) is -6.03. The largest absolute Gasteiger partial charge is 0.463 e. The number of hydrogen-bond acceptors (Lipinski definition) is 12. The van der Waals surface area contributed by atoms with E-state index in [0.29, 0.717) is 17.6 Å². The lowest BCUT2D eigenvalue weighted by atomic mass is 9.98. The summed E-state index contributed by atoms with van der Waals surface area (Å²) in [5, 5.41) is 0.721. The molecule has 0 N–H and O–H groups in total. The Morgan fingerprint density at radius 2 is 1.47 bits per heavy atom. The Bertz CT molecular complexity index is 1280. The van der Waals surface area contributed by atoms with Gasteiger partial charge in [-0.3, -0.25) is 19.2 Å². The fourth-order valence-corrected chi connectivity index (χ4v) is 4.24. The Morgan fingerprint density at radius 1 is 0.868 bits per heavy atom. The standard InChI is InChI=1S/C26H30O12/c1-7-17-10-21(31)38-22-12(2)19(9-8-18(17)22)36-26-25(35-16(6)30)24(34-15(5)29)23(33-14(4)28)20(37-26)11-32-13(3)27/h8-10,20,23-26H,7,11H2,1-6H3/t20-,23-,24+,25-,26+/m1/s1. The highest BCUT2D eigenvalue weighted by molar-refractivity contribution is 5.85. The third-order valence-corrected chi connectivity index (χ3v) is 5.77. The number of aryl methyl sites for hydroxylation is 2. The number of benzene rings is 1. The first-order valence-corrected chi connectivity index (χ1v) is 11.9. The third kappa shape index (κ3) is 6.68. The van der Waals surface area contributed by atoms with Crippen molar-refractivity contribution in [3.05, 3.63) is 39.7 Å². The van der Waals surface area contributed by atoms with Gasteiger partial charge in [-0.15, -0.1) is 0 Å². The molecule has 2 aromatic rings. The monoisotopic (exact) mass is 534 g/mol. The second kappa shape index (κ2) is 12.1. The molecule has 1 saturated heterocycles. The molecule has 38 heavy (non-hydrogen) atoms. The minimum Gasteiger partial charge on any atom is -0.463 e. The van der Waals surface area contributed by atoms with Crippen molar-refractivity contribution in [3.63, 3.8) is 0 Å². The van der Waals surface area contributed by atoms with Crippen molar-refractivity contribution < 1.29 is 52.0 Å². The first kappa shape index (κ1) is 28.6. The molecule has 12 heteroatoms. The van der Waals surface area contributed by atoms with E-state index in [1.807, 2.05) is 6.92 Å². The Hall–Kier alpha value is -3.93. The minimum atomic E-state index is -1.41. The van der Waals surface area contributed by atoms with Crippen LogP contribution in [0.1, 0.15) is 45.7 Å². The molecule has 0 bridgehead atoms. The number of hydrogen-bond donors (Lipinski definition) is 0. The lowest BCUT2D eigenvalue weighted by Crippen LogP contribution is -2.63. The first-order valence-electron chi connectivity index (χ1n) is 11.9. The molecule has 0 unspecified atom stereocenters. The Kier molecular flexibility index (Phi) is 9.10. The second-order valence-electron chi connectivity index (χ2n) is 8.70. The van der Waals surface area contributed by atoms with E-state index in [-0.39, 0.29) is 12.4 Å². The Morgan fingerprint density at radius 3 is 2.05 bits per heavy atom. The van der Waals surface area contributed by atoms with Crippen LogP contribution >= 0.6 is 0 Å². The van der Waals surface area contributed by atoms with Gasteiger partial charge in [0.25, 0.3) is 0 Å². The van der Waals surface area contributed by atoms with E-state index in [0.717, 1.165) is 31.7 Å². The van der Waals surface area contributed by atoms with Gasteiger partial charge < -0.3 is 32.8 Å². The van der Waals surface area contributed by atoms with Crippen LogP contribution in [0.5, 0.6) is 5.75 Å². The summed E-state index contributed by atoms with van der Waals surface area (Å²) >= 11 is 0. The molecule has 2 heterocycles. The highest BCUT2D eigenvalue weighted by Crippen LogP contribution is 2.34. The van der Waals surface area contributed by atoms with Crippen molar-refractivity contribution in [2.24, 2.45) is 0 Å². The van der Waals surface area contributed by atoms with E-state index in [9.17, 15) is 24.0 Å². The van der Waals surface area contributed by atoms with Crippen LogP contribution in [0.4, 0.5) is 0 Å². The van der Waals surface area contributed by atoms with Crippen LogP contribution in [0.2, 0.25) is 0 Å². The van der Waals surface area contributed by atoms with E-state index in [1.54, 1.807) is 19.1 Å². The van der Waals surface area contributed by atoms with E-state index in [1.165, 1.54) is 13.0 Å². The molecule has 1 aliphatic rings. The zero-order valence-corrected chi connectivity index (χ0v) is 21.9.